The highest BCUT2D eigenvalue weighted by Crippen LogP contribution is 2.08. The number of carbonyl (C=O) groups excluding carboxylic acids is 1. The molecule has 0 radical (unpaired) electrons. The van der Waals surface area contributed by atoms with E-state index in [0.29, 0.717) is 19.1 Å². The Morgan fingerprint density at radius 2 is 2.62 bits per heavy atom. The lowest BCUT2D eigenvalue weighted by Crippen LogP contribution is -2.32. The number of hydrogen-bond donors (Lipinski definition) is 2. The molecule has 1 atom stereocenters. The standard InChI is InChI=1S/C8H15N3O2/c1-2-9-8(12)11-10-5-7-3-4-13-6-7/h5,7H,2-4,6H2,1H3,(H2,9,11,12)/b10-5+. The zero-order valence-corrected chi connectivity index (χ0v) is 7.75. The van der Waals surface area contributed by atoms with Crippen LogP contribution >= 0.6 is 0 Å². The van der Waals surface area contributed by atoms with Gasteiger partial charge in [0.05, 0.1) is 6.61 Å². The van der Waals surface area contributed by atoms with Crippen molar-refractivity contribution in [3.8, 4) is 0 Å². The van der Waals surface area contributed by atoms with Crippen molar-refractivity contribution in [2.75, 3.05) is 19.8 Å². The van der Waals surface area contributed by atoms with Gasteiger partial charge in [-0.2, -0.15) is 5.10 Å². The molecule has 1 aliphatic rings. The van der Waals surface area contributed by atoms with Crippen molar-refractivity contribution in [3.63, 3.8) is 0 Å². The van der Waals surface area contributed by atoms with Gasteiger partial charge in [0.1, 0.15) is 0 Å². The summed E-state index contributed by atoms with van der Waals surface area (Å²) >= 11 is 0. The van der Waals surface area contributed by atoms with E-state index in [9.17, 15) is 4.79 Å². The summed E-state index contributed by atoms with van der Waals surface area (Å²) in [6.45, 7) is 3.96. The number of nitrogens with zero attached hydrogens (tertiary/aromatic N) is 1. The van der Waals surface area contributed by atoms with Gasteiger partial charge >= 0.3 is 6.03 Å². The van der Waals surface area contributed by atoms with E-state index in [-0.39, 0.29) is 6.03 Å². The molecule has 0 saturated carbocycles. The molecule has 2 amide bonds. The van der Waals surface area contributed by atoms with E-state index in [1.54, 1.807) is 6.21 Å². The van der Waals surface area contributed by atoms with Crippen LogP contribution in [-0.2, 0) is 4.74 Å². The first kappa shape index (κ1) is 9.98. The molecule has 1 saturated heterocycles. The van der Waals surface area contributed by atoms with Crippen molar-refractivity contribution in [1.82, 2.24) is 10.7 Å². The third kappa shape index (κ3) is 3.89. The van der Waals surface area contributed by atoms with Crippen LogP contribution in [0.2, 0.25) is 0 Å². The fourth-order valence-electron chi connectivity index (χ4n) is 1.07. The summed E-state index contributed by atoms with van der Waals surface area (Å²) in [5, 5.41) is 6.38. The van der Waals surface area contributed by atoms with Crippen LogP contribution in [0.1, 0.15) is 13.3 Å². The number of nitrogens with one attached hydrogen (secondary N) is 2. The third-order valence-corrected chi connectivity index (χ3v) is 1.75. The van der Waals surface area contributed by atoms with Crippen molar-refractivity contribution >= 4 is 12.2 Å². The molecular weight excluding hydrogens is 170 g/mol. The second-order valence-corrected chi connectivity index (χ2v) is 2.87. The van der Waals surface area contributed by atoms with Crippen LogP contribution in [0.3, 0.4) is 0 Å². The summed E-state index contributed by atoms with van der Waals surface area (Å²) in [5.41, 5.74) is 2.37. The molecule has 0 bridgehead atoms. The number of ether oxygens (including phenoxy) is 1. The lowest BCUT2D eigenvalue weighted by atomic mass is 10.1. The predicted molar refractivity (Wildman–Crippen MR) is 49.6 cm³/mol. The first-order valence-electron chi connectivity index (χ1n) is 4.47. The topological polar surface area (TPSA) is 62.7 Å². The SMILES string of the molecule is CCNC(=O)N/N=C/C1CCOC1. The highest BCUT2D eigenvalue weighted by Gasteiger charge is 2.12. The van der Waals surface area contributed by atoms with Gasteiger partial charge < -0.3 is 10.1 Å². The van der Waals surface area contributed by atoms with Crippen molar-refractivity contribution in [2.24, 2.45) is 11.0 Å². The Kier molecular flexibility index (Phi) is 4.25. The minimum Gasteiger partial charge on any atom is -0.381 e. The molecule has 0 aromatic carbocycles. The van der Waals surface area contributed by atoms with Gasteiger partial charge in [-0.15, -0.1) is 0 Å². The molecule has 74 valence electrons. The van der Waals surface area contributed by atoms with E-state index >= 15 is 0 Å². The molecule has 1 aliphatic heterocycles. The van der Waals surface area contributed by atoms with Crippen LogP contribution in [0.4, 0.5) is 4.79 Å². The lowest BCUT2D eigenvalue weighted by Gasteiger charge is -2.00. The Morgan fingerprint density at radius 1 is 1.77 bits per heavy atom. The Morgan fingerprint density at radius 3 is 3.23 bits per heavy atom. The smallest absolute Gasteiger partial charge is 0.335 e. The molecule has 1 heterocycles. The summed E-state index contributed by atoms with van der Waals surface area (Å²) in [6, 6.07) is -0.266. The monoisotopic (exact) mass is 185 g/mol. The number of carbonyl (C=O) groups is 1. The Labute approximate surface area is 77.5 Å². The van der Waals surface area contributed by atoms with Gasteiger partial charge in [0, 0.05) is 25.3 Å². The largest absolute Gasteiger partial charge is 0.381 e. The van der Waals surface area contributed by atoms with Crippen LogP contribution in [0.15, 0.2) is 5.10 Å². The van der Waals surface area contributed by atoms with Gasteiger partial charge in [-0.1, -0.05) is 0 Å². The fraction of sp³-hybridized carbons (Fsp3) is 0.750. The number of rotatable bonds is 3. The van der Waals surface area contributed by atoms with Gasteiger partial charge in [0.25, 0.3) is 0 Å². The molecule has 5 nitrogen and oxygen atoms in total. The highest BCUT2D eigenvalue weighted by molar-refractivity contribution is 5.75. The highest BCUT2D eigenvalue weighted by atomic mass is 16.5. The van der Waals surface area contributed by atoms with Crippen molar-refractivity contribution in [1.29, 1.82) is 0 Å². The maximum atomic E-state index is 10.8. The Bertz CT molecular complexity index is 188. The Hall–Kier alpha value is -1.10. The van der Waals surface area contributed by atoms with E-state index < -0.39 is 0 Å². The van der Waals surface area contributed by atoms with E-state index in [1.807, 2.05) is 6.92 Å². The minimum absolute atomic E-state index is 0.266. The number of amides is 2. The van der Waals surface area contributed by atoms with Crippen LogP contribution < -0.4 is 10.7 Å². The number of hydrazone groups is 1. The summed E-state index contributed by atoms with van der Waals surface area (Å²) in [7, 11) is 0. The van der Waals surface area contributed by atoms with Crippen molar-refractivity contribution in [3.05, 3.63) is 0 Å². The van der Waals surface area contributed by atoms with Crippen molar-refractivity contribution < 1.29 is 9.53 Å². The first-order chi connectivity index (χ1) is 6.33. The molecule has 0 aromatic rings. The molecule has 0 aliphatic carbocycles. The molecule has 1 unspecified atom stereocenters. The minimum atomic E-state index is -0.266. The van der Waals surface area contributed by atoms with Gasteiger partial charge in [-0.05, 0) is 13.3 Å². The van der Waals surface area contributed by atoms with Gasteiger partial charge in [0.2, 0.25) is 0 Å². The van der Waals surface area contributed by atoms with E-state index in [1.165, 1.54) is 0 Å². The van der Waals surface area contributed by atoms with E-state index in [0.717, 1.165) is 13.0 Å². The van der Waals surface area contributed by atoms with Crippen LogP contribution in [0.25, 0.3) is 0 Å². The van der Waals surface area contributed by atoms with E-state index in [4.69, 9.17) is 4.74 Å². The molecule has 5 heteroatoms. The summed E-state index contributed by atoms with van der Waals surface area (Å²) in [4.78, 5) is 10.8. The molecule has 0 spiro atoms. The van der Waals surface area contributed by atoms with E-state index in [2.05, 4.69) is 15.8 Å². The van der Waals surface area contributed by atoms with Crippen LogP contribution in [0.5, 0.6) is 0 Å². The quantitative estimate of drug-likeness (QED) is 0.491. The zero-order valence-electron chi connectivity index (χ0n) is 7.75. The Balaban J connectivity index is 2.12. The normalized spacial score (nSPS) is 22.1. The fourth-order valence-corrected chi connectivity index (χ4v) is 1.07. The van der Waals surface area contributed by atoms with Crippen LogP contribution in [-0.4, -0.2) is 32.0 Å². The molecule has 0 aromatic heterocycles. The number of hydrogen-bond acceptors (Lipinski definition) is 3. The van der Waals surface area contributed by atoms with Gasteiger partial charge in [-0.25, -0.2) is 10.2 Å². The summed E-state index contributed by atoms with van der Waals surface area (Å²) in [6.07, 6.45) is 2.71. The maximum Gasteiger partial charge on any atom is 0.335 e. The van der Waals surface area contributed by atoms with Gasteiger partial charge in [-0.3, -0.25) is 0 Å². The maximum absolute atomic E-state index is 10.8. The average molecular weight is 185 g/mol. The zero-order chi connectivity index (χ0) is 9.52. The summed E-state index contributed by atoms with van der Waals surface area (Å²) in [5.74, 6) is 0.349. The lowest BCUT2D eigenvalue weighted by molar-refractivity contribution is 0.193. The second kappa shape index (κ2) is 5.53. The van der Waals surface area contributed by atoms with Crippen molar-refractivity contribution in [2.45, 2.75) is 13.3 Å². The molecule has 13 heavy (non-hydrogen) atoms. The molecular formula is C8H15N3O2. The predicted octanol–water partition coefficient (Wildman–Crippen LogP) is 0.328. The third-order valence-electron chi connectivity index (χ3n) is 1.75. The second-order valence-electron chi connectivity index (χ2n) is 2.87. The van der Waals surface area contributed by atoms with Gasteiger partial charge in [0.15, 0.2) is 0 Å². The van der Waals surface area contributed by atoms with Crippen LogP contribution in [0, 0.1) is 5.92 Å². The first-order valence-corrected chi connectivity index (χ1v) is 4.47. The molecule has 1 fully saturated rings. The average Bonchev–Trinajstić information content (AvgIpc) is 2.57. The molecule has 1 rings (SSSR count). The number of urea groups is 1. The molecule has 2 N–H and O–H groups in total. The summed E-state index contributed by atoms with van der Waals surface area (Å²) < 4.78 is 5.14.